The van der Waals surface area contributed by atoms with E-state index in [1.54, 1.807) is 0 Å². The van der Waals surface area contributed by atoms with Gasteiger partial charge in [-0.05, 0) is 25.0 Å². The van der Waals surface area contributed by atoms with Gasteiger partial charge in [0.15, 0.2) is 11.5 Å². The lowest BCUT2D eigenvalue weighted by Gasteiger charge is -2.13. The third-order valence-corrected chi connectivity index (χ3v) is 5.18. The number of hydrogen-bond acceptors (Lipinski definition) is 9. The highest BCUT2D eigenvalue weighted by Gasteiger charge is 2.22. The van der Waals surface area contributed by atoms with Crippen molar-refractivity contribution in [3.8, 4) is 11.5 Å². The molecule has 1 aromatic rings. The van der Waals surface area contributed by atoms with Gasteiger partial charge in [0.05, 0.1) is 37.4 Å². The molecule has 0 aromatic heterocycles. The maximum atomic E-state index is 12.0. The Hall–Kier alpha value is -4.26. The van der Waals surface area contributed by atoms with Crippen LogP contribution in [0, 0.1) is 10.1 Å². The molecule has 1 aliphatic rings. The first kappa shape index (κ1) is 29.0. The Kier molecular flexibility index (Phi) is 11.7. The maximum Gasteiger partial charge on any atom is 0.280 e. The van der Waals surface area contributed by atoms with E-state index in [0.29, 0.717) is 26.0 Å². The monoisotopic (exact) mass is 518 g/mol. The molecule has 0 saturated carbocycles. The molecule has 4 amide bonds. The van der Waals surface area contributed by atoms with Crippen molar-refractivity contribution in [3.63, 3.8) is 0 Å². The van der Waals surface area contributed by atoms with Crippen molar-refractivity contribution in [2.45, 2.75) is 19.3 Å². The lowest BCUT2D eigenvalue weighted by molar-refractivity contribution is -0.385. The molecule has 2 N–H and O–H groups in total. The molecule has 200 valence electrons. The van der Waals surface area contributed by atoms with Crippen molar-refractivity contribution in [3.05, 3.63) is 46.0 Å². The highest BCUT2D eigenvalue weighted by molar-refractivity contribution is 6.12. The van der Waals surface area contributed by atoms with E-state index in [4.69, 9.17) is 14.2 Å². The highest BCUT2D eigenvalue weighted by atomic mass is 16.6. The highest BCUT2D eigenvalue weighted by Crippen LogP contribution is 2.35. The fraction of sp³-hybridized carbons (Fsp3) is 0.417. The van der Waals surface area contributed by atoms with Crippen LogP contribution in [-0.4, -0.2) is 80.5 Å². The number of methoxy groups -OCH3 is 2. The number of nitrogens with one attached hydrogen (secondary N) is 2. The molecule has 0 radical (unpaired) electrons. The summed E-state index contributed by atoms with van der Waals surface area (Å²) in [5, 5.41) is 16.5. The topological polar surface area (TPSA) is 166 Å². The van der Waals surface area contributed by atoms with E-state index in [1.807, 2.05) is 0 Å². The van der Waals surface area contributed by atoms with Gasteiger partial charge in [-0.25, -0.2) is 0 Å². The van der Waals surface area contributed by atoms with Crippen LogP contribution in [0.5, 0.6) is 11.5 Å². The zero-order chi connectivity index (χ0) is 27.2. The van der Waals surface area contributed by atoms with E-state index >= 15 is 0 Å². The number of nitro groups is 1. The second-order valence-corrected chi connectivity index (χ2v) is 7.73. The Morgan fingerprint density at radius 3 is 2.30 bits per heavy atom. The van der Waals surface area contributed by atoms with Crippen LogP contribution >= 0.6 is 0 Å². The largest absolute Gasteiger partial charge is 0.493 e. The summed E-state index contributed by atoms with van der Waals surface area (Å²) in [4.78, 5) is 58.6. The molecule has 0 saturated heterocycles. The molecule has 37 heavy (non-hydrogen) atoms. The van der Waals surface area contributed by atoms with Gasteiger partial charge in [-0.3, -0.25) is 34.2 Å². The molecular weight excluding hydrogens is 488 g/mol. The molecule has 13 nitrogen and oxygen atoms in total. The van der Waals surface area contributed by atoms with Gasteiger partial charge < -0.3 is 24.8 Å². The molecule has 0 bridgehead atoms. The number of carbonyl (C=O) groups is 4. The lowest BCUT2D eigenvalue weighted by atomic mass is 10.1. The van der Waals surface area contributed by atoms with Crippen molar-refractivity contribution >= 4 is 35.4 Å². The van der Waals surface area contributed by atoms with Crippen LogP contribution in [-0.2, 0) is 23.9 Å². The second-order valence-electron chi connectivity index (χ2n) is 7.73. The Morgan fingerprint density at radius 2 is 1.65 bits per heavy atom. The molecule has 1 aromatic carbocycles. The summed E-state index contributed by atoms with van der Waals surface area (Å²) in [7, 11) is 2.76. The minimum Gasteiger partial charge on any atom is -0.493 e. The van der Waals surface area contributed by atoms with Crippen molar-refractivity contribution < 1.29 is 38.3 Å². The minimum absolute atomic E-state index is 0.143. The van der Waals surface area contributed by atoms with Crippen LogP contribution < -0.4 is 20.1 Å². The minimum atomic E-state index is -0.588. The summed E-state index contributed by atoms with van der Waals surface area (Å²) in [5.41, 5.74) is -0.0774. The van der Waals surface area contributed by atoms with Crippen LogP contribution in [0.15, 0.2) is 30.4 Å². The van der Waals surface area contributed by atoms with Crippen LogP contribution in [0.1, 0.15) is 24.8 Å². The molecule has 1 aliphatic heterocycles. The average Bonchev–Trinajstić information content (AvgIpc) is 3.20. The summed E-state index contributed by atoms with van der Waals surface area (Å²) in [5.74, 6) is -0.872. The Bertz CT molecular complexity index is 1050. The standard InChI is InChI=1S/C24H30N4O9/c1-35-19-15-17(18(28(33)34)16-20(19)36-2)5-6-21(29)25-10-11-26-22(30)9-14-37-13-4-3-12-27-23(31)7-8-24(27)32/h5-8,15-16H,3-4,9-14H2,1-2H3,(H,25,29)(H,26,30). The zero-order valence-electron chi connectivity index (χ0n) is 20.7. The smallest absolute Gasteiger partial charge is 0.280 e. The first-order valence-corrected chi connectivity index (χ1v) is 11.5. The second kappa shape index (κ2) is 15.0. The maximum absolute atomic E-state index is 12.0. The molecule has 13 heteroatoms. The van der Waals surface area contributed by atoms with Gasteiger partial charge in [-0.15, -0.1) is 0 Å². The first-order chi connectivity index (χ1) is 17.8. The summed E-state index contributed by atoms with van der Waals surface area (Å²) in [6, 6.07) is 2.61. The third-order valence-electron chi connectivity index (χ3n) is 5.18. The van der Waals surface area contributed by atoms with Crippen molar-refractivity contribution in [1.82, 2.24) is 15.5 Å². The predicted octanol–water partition coefficient (Wildman–Crippen LogP) is 0.970. The number of nitro benzene ring substituents is 1. The van der Waals surface area contributed by atoms with Crippen LogP contribution in [0.4, 0.5) is 5.69 Å². The van der Waals surface area contributed by atoms with E-state index in [0.717, 1.165) is 6.08 Å². The normalized spacial score (nSPS) is 12.8. The number of nitrogens with zero attached hydrogens (tertiary/aromatic N) is 2. The molecule has 0 aliphatic carbocycles. The van der Waals surface area contributed by atoms with Gasteiger partial charge in [0.25, 0.3) is 17.5 Å². The van der Waals surface area contributed by atoms with Crippen LogP contribution in [0.25, 0.3) is 6.08 Å². The summed E-state index contributed by atoms with van der Waals surface area (Å²) in [6.45, 7) is 1.31. The molecule has 0 fully saturated rings. The van der Waals surface area contributed by atoms with E-state index in [9.17, 15) is 29.3 Å². The number of unbranched alkanes of at least 4 members (excludes halogenated alkanes) is 1. The third kappa shape index (κ3) is 9.37. The summed E-state index contributed by atoms with van der Waals surface area (Å²) >= 11 is 0. The number of benzene rings is 1. The Labute approximate surface area is 213 Å². The molecule has 0 spiro atoms. The molecule has 1 heterocycles. The van der Waals surface area contributed by atoms with E-state index in [1.165, 1.54) is 49.5 Å². The molecule has 2 rings (SSSR count). The van der Waals surface area contributed by atoms with Crippen molar-refractivity contribution in [2.75, 3.05) is 47.1 Å². The predicted molar refractivity (Wildman–Crippen MR) is 132 cm³/mol. The summed E-state index contributed by atoms with van der Waals surface area (Å²) < 4.78 is 15.6. The number of rotatable bonds is 16. The van der Waals surface area contributed by atoms with E-state index < -0.39 is 10.8 Å². The van der Waals surface area contributed by atoms with E-state index in [2.05, 4.69) is 10.6 Å². The van der Waals surface area contributed by atoms with Crippen LogP contribution in [0.2, 0.25) is 0 Å². The number of imide groups is 1. The van der Waals surface area contributed by atoms with Crippen molar-refractivity contribution in [2.24, 2.45) is 0 Å². The quantitative estimate of drug-likeness (QED) is 0.107. The van der Waals surface area contributed by atoms with E-state index in [-0.39, 0.29) is 66.6 Å². The fourth-order valence-electron chi connectivity index (χ4n) is 3.27. The van der Waals surface area contributed by atoms with Crippen molar-refractivity contribution in [1.29, 1.82) is 0 Å². The summed E-state index contributed by atoms with van der Waals surface area (Å²) in [6.07, 6.45) is 6.33. The number of hydrogen-bond donors (Lipinski definition) is 2. The van der Waals surface area contributed by atoms with Gasteiger partial charge in [0, 0.05) is 50.9 Å². The van der Waals surface area contributed by atoms with Gasteiger partial charge in [-0.1, -0.05) is 0 Å². The Morgan fingerprint density at radius 1 is 1.00 bits per heavy atom. The lowest BCUT2D eigenvalue weighted by Crippen LogP contribution is -2.34. The average molecular weight is 519 g/mol. The fourth-order valence-corrected chi connectivity index (χ4v) is 3.27. The SMILES string of the molecule is COc1cc(C=CC(=O)NCCNC(=O)CCOCCCCN2C(=O)C=CC2=O)c([N+](=O)[O-])cc1OC. The Balaban J connectivity index is 1.60. The number of carbonyl (C=O) groups excluding carboxylic acids is 4. The molecule has 0 atom stereocenters. The van der Waals surface area contributed by atoms with Gasteiger partial charge >= 0.3 is 0 Å². The molecular formula is C24H30N4O9. The van der Waals surface area contributed by atoms with Gasteiger partial charge in [-0.2, -0.15) is 0 Å². The first-order valence-electron chi connectivity index (χ1n) is 11.5. The zero-order valence-corrected chi connectivity index (χ0v) is 20.7. The number of amides is 4. The number of ether oxygens (including phenoxy) is 3. The molecule has 0 unspecified atom stereocenters. The van der Waals surface area contributed by atoms with Crippen LogP contribution in [0.3, 0.4) is 0 Å². The van der Waals surface area contributed by atoms with Gasteiger partial charge in [0.1, 0.15) is 0 Å². The van der Waals surface area contributed by atoms with Gasteiger partial charge in [0.2, 0.25) is 11.8 Å².